The highest BCUT2D eigenvalue weighted by Gasteiger charge is 2.02. The highest BCUT2D eigenvalue weighted by molar-refractivity contribution is 5.68. The summed E-state index contributed by atoms with van der Waals surface area (Å²) in [6, 6.07) is 4.61. The van der Waals surface area contributed by atoms with Gasteiger partial charge in [-0.05, 0) is 42.7 Å². The molecule has 0 saturated carbocycles. The van der Waals surface area contributed by atoms with Crippen molar-refractivity contribution < 1.29 is 9.18 Å². The molecular formula is C12H14FNO. The molecule has 0 bridgehead atoms. The van der Waals surface area contributed by atoms with Gasteiger partial charge in [0.15, 0.2) is 0 Å². The maximum absolute atomic E-state index is 12.9. The number of halogens is 1. The number of allylic oxidation sites excluding steroid dienone is 1. The van der Waals surface area contributed by atoms with Crippen LogP contribution in [0.3, 0.4) is 0 Å². The van der Waals surface area contributed by atoms with E-state index in [2.05, 4.69) is 0 Å². The predicted molar refractivity (Wildman–Crippen MR) is 58.6 cm³/mol. The molecule has 1 rings (SSSR count). The summed E-state index contributed by atoms with van der Waals surface area (Å²) in [6.07, 6.45) is 2.44. The van der Waals surface area contributed by atoms with E-state index in [0.717, 1.165) is 23.1 Å². The van der Waals surface area contributed by atoms with Crippen LogP contribution in [0.1, 0.15) is 18.1 Å². The van der Waals surface area contributed by atoms with E-state index in [-0.39, 0.29) is 5.82 Å². The van der Waals surface area contributed by atoms with Crippen LogP contribution >= 0.6 is 0 Å². The Kier molecular flexibility index (Phi) is 3.61. The average molecular weight is 207 g/mol. The average Bonchev–Trinajstić information content (AvgIpc) is 2.17. The van der Waals surface area contributed by atoms with Gasteiger partial charge in [0.25, 0.3) is 0 Å². The molecule has 15 heavy (non-hydrogen) atoms. The van der Waals surface area contributed by atoms with Gasteiger partial charge in [-0.2, -0.15) is 0 Å². The molecule has 0 aliphatic carbocycles. The Morgan fingerprint density at radius 2 is 2.13 bits per heavy atom. The van der Waals surface area contributed by atoms with Gasteiger partial charge < -0.3 is 4.90 Å². The first-order valence-corrected chi connectivity index (χ1v) is 4.67. The topological polar surface area (TPSA) is 20.3 Å². The van der Waals surface area contributed by atoms with Gasteiger partial charge in [-0.25, -0.2) is 4.39 Å². The van der Waals surface area contributed by atoms with Gasteiger partial charge in [-0.3, -0.25) is 4.79 Å². The molecule has 0 heterocycles. The lowest BCUT2D eigenvalue weighted by molar-refractivity contribution is -0.114. The minimum atomic E-state index is -0.243. The zero-order chi connectivity index (χ0) is 11.4. The summed E-state index contributed by atoms with van der Waals surface area (Å²) in [5.74, 6) is -0.243. The van der Waals surface area contributed by atoms with E-state index >= 15 is 0 Å². The summed E-state index contributed by atoms with van der Waals surface area (Å²) in [6.45, 7) is 3.73. The number of carbonyl (C=O) groups is 1. The summed E-state index contributed by atoms with van der Waals surface area (Å²) in [4.78, 5) is 11.9. The SMILES string of the molecule is C/C(=C/N(C)C=O)c1ccc(F)cc1C. The lowest BCUT2D eigenvalue weighted by atomic mass is 10.0. The fraction of sp³-hybridized carbons (Fsp3) is 0.250. The first kappa shape index (κ1) is 11.4. The Labute approximate surface area is 89.0 Å². The lowest BCUT2D eigenvalue weighted by Crippen LogP contribution is -2.07. The summed E-state index contributed by atoms with van der Waals surface area (Å²) < 4.78 is 12.9. The Balaban J connectivity index is 3.06. The van der Waals surface area contributed by atoms with Crippen molar-refractivity contribution in [3.8, 4) is 0 Å². The minimum Gasteiger partial charge on any atom is -0.324 e. The molecule has 1 aromatic rings. The van der Waals surface area contributed by atoms with E-state index in [9.17, 15) is 9.18 Å². The normalized spacial score (nSPS) is 11.3. The maximum atomic E-state index is 12.9. The van der Waals surface area contributed by atoms with E-state index in [4.69, 9.17) is 0 Å². The van der Waals surface area contributed by atoms with Crippen molar-refractivity contribution in [1.29, 1.82) is 0 Å². The molecular weight excluding hydrogens is 193 g/mol. The lowest BCUT2D eigenvalue weighted by Gasteiger charge is -2.09. The highest BCUT2D eigenvalue weighted by Crippen LogP contribution is 2.19. The van der Waals surface area contributed by atoms with E-state index in [0.29, 0.717) is 0 Å². The summed E-state index contributed by atoms with van der Waals surface area (Å²) in [5.41, 5.74) is 2.75. The molecule has 1 amide bonds. The molecule has 3 heteroatoms. The number of hydrogen-bond acceptors (Lipinski definition) is 1. The standard InChI is InChI=1S/C12H14FNO/c1-9-6-11(13)4-5-12(9)10(2)7-14(3)8-15/h4-8H,1-3H3/b10-7-. The second-order valence-electron chi connectivity index (χ2n) is 3.54. The Morgan fingerprint density at radius 1 is 1.47 bits per heavy atom. The van der Waals surface area contributed by atoms with Crippen LogP contribution < -0.4 is 0 Å². The second-order valence-corrected chi connectivity index (χ2v) is 3.54. The molecule has 0 spiro atoms. The van der Waals surface area contributed by atoms with E-state index in [1.165, 1.54) is 17.0 Å². The number of nitrogens with zero attached hydrogens (tertiary/aromatic N) is 1. The van der Waals surface area contributed by atoms with Crippen LogP contribution in [0.15, 0.2) is 24.4 Å². The number of benzene rings is 1. The molecule has 2 nitrogen and oxygen atoms in total. The molecule has 0 aliphatic rings. The number of hydrogen-bond donors (Lipinski definition) is 0. The Hall–Kier alpha value is -1.64. The smallest absolute Gasteiger partial charge is 0.213 e. The molecule has 80 valence electrons. The third kappa shape index (κ3) is 2.91. The molecule has 0 atom stereocenters. The Morgan fingerprint density at radius 3 is 2.67 bits per heavy atom. The van der Waals surface area contributed by atoms with Crippen molar-refractivity contribution in [3.05, 3.63) is 41.3 Å². The van der Waals surface area contributed by atoms with Crippen molar-refractivity contribution in [2.24, 2.45) is 0 Å². The predicted octanol–water partition coefficient (Wildman–Crippen LogP) is 2.58. The first-order chi connectivity index (χ1) is 7.04. The van der Waals surface area contributed by atoms with Gasteiger partial charge in [0.05, 0.1) is 0 Å². The second kappa shape index (κ2) is 4.73. The number of aryl methyl sites for hydroxylation is 1. The van der Waals surface area contributed by atoms with E-state index < -0.39 is 0 Å². The zero-order valence-electron chi connectivity index (χ0n) is 9.12. The van der Waals surface area contributed by atoms with Crippen molar-refractivity contribution in [3.63, 3.8) is 0 Å². The van der Waals surface area contributed by atoms with Gasteiger partial charge in [-0.15, -0.1) is 0 Å². The van der Waals surface area contributed by atoms with Gasteiger partial charge in [0.1, 0.15) is 5.82 Å². The van der Waals surface area contributed by atoms with Crippen molar-refractivity contribution in [1.82, 2.24) is 4.90 Å². The van der Waals surface area contributed by atoms with Crippen LogP contribution in [0.2, 0.25) is 0 Å². The molecule has 0 fully saturated rings. The van der Waals surface area contributed by atoms with Crippen LogP contribution in [0.5, 0.6) is 0 Å². The summed E-state index contributed by atoms with van der Waals surface area (Å²) >= 11 is 0. The third-order valence-electron chi connectivity index (χ3n) is 2.18. The van der Waals surface area contributed by atoms with Gasteiger partial charge in [0, 0.05) is 13.2 Å². The van der Waals surface area contributed by atoms with Crippen molar-refractivity contribution in [2.75, 3.05) is 7.05 Å². The van der Waals surface area contributed by atoms with Crippen LogP contribution in [-0.4, -0.2) is 18.4 Å². The van der Waals surface area contributed by atoms with Crippen molar-refractivity contribution in [2.45, 2.75) is 13.8 Å². The van der Waals surface area contributed by atoms with Crippen LogP contribution in [0.4, 0.5) is 4.39 Å². The third-order valence-corrected chi connectivity index (χ3v) is 2.18. The molecule has 0 unspecified atom stereocenters. The van der Waals surface area contributed by atoms with Gasteiger partial charge in [0.2, 0.25) is 6.41 Å². The van der Waals surface area contributed by atoms with Crippen LogP contribution in [0, 0.1) is 12.7 Å². The monoisotopic (exact) mass is 207 g/mol. The summed E-state index contributed by atoms with van der Waals surface area (Å²) in [7, 11) is 1.66. The van der Waals surface area contributed by atoms with E-state index in [1.807, 2.05) is 13.8 Å². The molecule has 0 aliphatic heterocycles. The van der Waals surface area contributed by atoms with Crippen molar-refractivity contribution >= 4 is 12.0 Å². The zero-order valence-corrected chi connectivity index (χ0v) is 9.12. The fourth-order valence-electron chi connectivity index (χ4n) is 1.47. The van der Waals surface area contributed by atoms with Crippen LogP contribution in [0.25, 0.3) is 5.57 Å². The number of rotatable bonds is 3. The molecule has 0 aromatic heterocycles. The highest BCUT2D eigenvalue weighted by atomic mass is 19.1. The molecule has 0 saturated heterocycles. The minimum absolute atomic E-state index is 0.243. The quantitative estimate of drug-likeness (QED) is 0.697. The number of carbonyl (C=O) groups excluding carboxylic acids is 1. The molecule has 1 aromatic carbocycles. The number of amides is 1. The van der Waals surface area contributed by atoms with Gasteiger partial charge in [-0.1, -0.05) is 6.07 Å². The Bertz CT molecular complexity index is 399. The molecule has 0 N–H and O–H groups in total. The fourth-order valence-corrected chi connectivity index (χ4v) is 1.47. The maximum Gasteiger partial charge on any atom is 0.213 e. The van der Waals surface area contributed by atoms with E-state index in [1.54, 1.807) is 19.3 Å². The molecule has 0 radical (unpaired) electrons. The summed E-state index contributed by atoms with van der Waals surface area (Å²) in [5, 5.41) is 0. The van der Waals surface area contributed by atoms with Gasteiger partial charge >= 0.3 is 0 Å². The van der Waals surface area contributed by atoms with Crippen LogP contribution in [-0.2, 0) is 4.79 Å². The largest absolute Gasteiger partial charge is 0.324 e. The first-order valence-electron chi connectivity index (χ1n) is 4.67.